The topological polar surface area (TPSA) is 18.5 Å². The Bertz CT molecular complexity index is 738. The second-order valence-corrected chi connectivity index (χ2v) is 6.39. The molecule has 0 amide bonds. The molecule has 3 aromatic carbocycles. The zero-order chi connectivity index (χ0) is 18.2. The van der Waals surface area contributed by atoms with Gasteiger partial charge in [0.2, 0.25) is 0 Å². The van der Waals surface area contributed by atoms with Gasteiger partial charge in [0, 0.05) is 0 Å². The largest absolute Gasteiger partial charge is 0.489 e. The Kier molecular flexibility index (Phi) is 6.32. The molecule has 0 unspecified atom stereocenters. The van der Waals surface area contributed by atoms with E-state index in [1.807, 2.05) is 24.3 Å². The molecule has 0 aliphatic heterocycles. The highest BCUT2D eigenvalue weighted by molar-refractivity contribution is 5.30. The minimum atomic E-state index is 0.560. The van der Waals surface area contributed by atoms with Crippen LogP contribution in [0.1, 0.15) is 36.1 Å². The van der Waals surface area contributed by atoms with Gasteiger partial charge in [0.1, 0.15) is 24.7 Å². The number of hydrogen-bond acceptors (Lipinski definition) is 2. The third-order valence-corrected chi connectivity index (χ3v) is 4.47. The first-order valence-electron chi connectivity index (χ1n) is 9.28. The summed E-state index contributed by atoms with van der Waals surface area (Å²) in [5.41, 5.74) is 4.94. The van der Waals surface area contributed by atoms with E-state index < -0.39 is 0 Å². The molecule has 0 atom stereocenters. The lowest BCUT2D eigenvalue weighted by molar-refractivity contribution is 0.300. The Balaban J connectivity index is 1.55. The smallest absolute Gasteiger partial charge is 0.119 e. The van der Waals surface area contributed by atoms with E-state index in [0.717, 1.165) is 35.5 Å². The summed E-state index contributed by atoms with van der Waals surface area (Å²) in [6, 6.07) is 25.0. The standard InChI is InChI=1S/C24H26O2/c1-3-19-8-12-23(13-9-19)25-17-21-6-5-7-22(16-21)18-26-24-14-10-20(4-2)11-15-24/h5-16H,3-4,17-18H2,1-2H3. The fourth-order valence-electron chi connectivity index (χ4n) is 2.79. The fraction of sp³-hybridized carbons (Fsp3) is 0.250. The van der Waals surface area contributed by atoms with Crippen LogP contribution < -0.4 is 9.47 Å². The van der Waals surface area contributed by atoms with E-state index in [4.69, 9.17) is 9.47 Å². The van der Waals surface area contributed by atoms with Gasteiger partial charge >= 0.3 is 0 Å². The Morgan fingerprint density at radius 3 is 1.35 bits per heavy atom. The van der Waals surface area contributed by atoms with E-state index in [-0.39, 0.29) is 0 Å². The molecular formula is C24H26O2. The lowest BCUT2D eigenvalue weighted by Gasteiger charge is -2.10. The van der Waals surface area contributed by atoms with Crippen molar-refractivity contribution in [2.24, 2.45) is 0 Å². The molecule has 0 radical (unpaired) electrons. The van der Waals surface area contributed by atoms with Crippen LogP contribution in [0.5, 0.6) is 11.5 Å². The number of rotatable bonds is 8. The summed E-state index contributed by atoms with van der Waals surface area (Å²) < 4.78 is 11.8. The monoisotopic (exact) mass is 346 g/mol. The Labute approximate surface area is 156 Å². The van der Waals surface area contributed by atoms with Crippen LogP contribution in [0, 0.1) is 0 Å². The molecule has 26 heavy (non-hydrogen) atoms. The number of hydrogen-bond donors (Lipinski definition) is 0. The zero-order valence-electron chi connectivity index (χ0n) is 15.6. The molecule has 3 rings (SSSR count). The minimum absolute atomic E-state index is 0.560. The SMILES string of the molecule is CCc1ccc(OCc2cccc(COc3ccc(CC)cc3)c2)cc1. The van der Waals surface area contributed by atoms with Crippen molar-refractivity contribution in [3.8, 4) is 11.5 Å². The van der Waals surface area contributed by atoms with Crippen molar-refractivity contribution in [3.63, 3.8) is 0 Å². The van der Waals surface area contributed by atoms with Crippen LogP contribution in [-0.4, -0.2) is 0 Å². The molecule has 0 N–H and O–H groups in total. The average Bonchev–Trinajstić information content (AvgIpc) is 2.72. The van der Waals surface area contributed by atoms with Crippen LogP contribution in [0.15, 0.2) is 72.8 Å². The molecule has 3 aromatic rings. The summed E-state index contributed by atoms with van der Waals surface area (Å²) in [5, 5.41) is 0. The van der Waals surface area contributed by atoms with Gasteiger partial charge in [0.05, 0.1) is 0 Å². The lowest BCUT2D eigenvalue weighted by Crippen LogP contribution is -1.99. The summed E-state index contributed by atoms with van der Waals surface area (Å²) in [4.78, 5) is 0. The first kappa shape index (κ1) is 18.1. The fourth-order valence-corrected chi connectivity index (χ4v) is 2.79. The Morgan fingerprint density at radius 1 is 0.538 bits per heavy atom. The molecule has 0 fully saturated rings. The van der Waals surface area contributed by atoms with Gasteiger partial charge in [-0.05, 0) is 65.4 Å². The summed E-state index contributed by atoms with van der Waals surface area (Å²) in [6.07, 6.45) is 2.09. The second-order valence-electron chi connectivity index (χ2n) is 6.39. The van der Waals surface area contributed by atoms with Gasteiger partial charge in [-0.2, -0.15) is 0 Å². The van der Waals surface area contributed by atoms with E-state index in [0.29, 0.717) is 13.2 Å². The molecule has 2 nitrogen and oxygen atoms in total. The average molecular weight is 346 g/mol. The quantitative estimate of drug-likeness (QED) is 0.500. The zero-order valence-corrected chi connectivity index (χ0v) is 15.6. The van der Waals surface area contributed by atoms with Crippen molar-refractivity contribution in [2.75, 3.05) is 0 Å². The maximum Gasteiger partial charge on any atom is 0.119 e. The summed E-state index contributed by atoms with van der Waals surface area (Å²) in [6.45, 7) is 5.43. The third-order valence-electron chi connectivity index (χ3n) is 4.47. The summed E-state index contributed by atoms with van der Waals surface area (Å²) in [5.74, 6) is 1.81. The molecule has 0 aromatic heterocycles. The van der Waals surface area contributed by atoms with Gasteiger partial charge in [0.15, 0.2) is 0 Å². The number of ether oxygens (including phenoxy) is 2. The van der Waals surface area contributed by atoms with Crippen molar-refractivity contribution in [3.05, 3.63) is 95.1 Å². The molecule has 0 saturated heterocycles. The second kappa shape index (κ2) is 9.10. The van der Waals surface area contributed by atoms with Crippen LogP contribution in [-0.2, 0) is 26.1 Å². The lowest BCUT2D eigenvalue weighted by atomic mass is 10.1. The molecular weight excluding hydrogens is 320 g/mol. The highest BCUT2D eigenvalue weighted by Crippen LogP contribution is 2.17. The molecule has 0 heterocycles. The Hall–Kier alpha value is -2.74. The van der Waals surface area contributed by atoms with Crippen LogP contribution >= 0.6 is 0 Å². The minimum Gasteiger partial charge on any atom is -0.489 e. The van der Waals surface area contributed by atoms with E-state index in [2.05, 4.69) is 62.4 Å². The molecule has 0 aliphatic carbocycles. The van der Waals surface area contributed by atoms with Crippen LogP contribution in [0.2, 0.25) is 0 Å². The maximum atomic E-state index is 5.89. The van der Waals surface area contributed by atoms with Crippen LogP contribution in [0.4, 0.5) is 0 Å². The number of aryl methyl sites for hydroxylation is 2. The highest BCUT2D eigenvalue weighted by Gasteiger charge is 2.01. The van der Waals surface area contributed by atoms with E-state index in [1.165, 1.54) is 11.1 Å². The van der Waals surface area contributed by atoms with Gasteiger partial charge < -0.3 is 9.47 Å². The first-order chi connectivity index (χ1) is 12.8. The molecule has 134 valence electrons. The van der Waals surface area contributed by atoms with Gasteiger partial charge in [-0.15, -0.1) is 0 Å². The van der Waals surface area contributed by atoms with Gasteiger partial charge in [-0.25, -0.2) is 0 Å². The third kappa shape index (κ3) is 5.13. The van der Waals surface area contributed by atoms with Crippen LogP contribution in [0.25, 0.3) is 0 Å². The van der Waals surface area contributed by atoms with Gasteiger partial charge in [-0.3, -0.25) is 0 Å². The molecule has 0 spiro atoms. The highest BCUT2D eigenvalue weighted by atomic mass is 16.5. The van der Waals surface area contributed by atoms with Crippen molar-refractivity contribution in [1.29, 1.82) is 0 Å². The molecule has 0 aliphatic rings. The van der Waals surface area contributed by atoms with Gasteiger partial charge in [-0.1, -0.05) is 56.3 Å². The van der Waals surface area contributed by atoms with Gasteiger partial charge in [0.25, 0.3) is 0 Å². The molecule has 0 bridgehead atoms. The van der Waals surface area contributed by atoms with Crippen molar-refractivity contribution < 1.29 is 9.47 Å². The van der Waals surface area contributed by atoms with Crippen molar-refractivity contribution >= 4 is 0 Å². The van der Waals surface area contributed by atoms with Crippen LogP contribution in [0.3, 0.4) is 0 Å². The van der Waals surface area contributed by atoms with Crippen molar-refractivity contribution in [1.82, 2.24) is 0 Å². The summed E-state index contributed by atoms with van der Waals surface area (Å²) in [7, 11) is 0. The van der Waals surface area contributed by atoms with E-state index >= 15 is 0 Å². The molecule has 0 saturated carbocycles. The van der Waals surface area contributed by atoms with E-state index in [1.54, 1.807) is 0 Å². The predicted molar refractivity (Wildman–Crippen MR) is 107 cm³/mol. The Morgan fingerprint density at radius 2 is 0.962 bits per heavy atom. The normalized spacial score (nSPS) is 10.5. The maximum absolute atomic E-state index is 5.89. The number of benzene rings is 3. The molecule has 2 heteroatoms. The van der Waals surface area contributed by atoms with E-state index in [9.17, 15) is 0 Å². The summed E-state index contributed by atoms with van der Waals surface area (Å²) >= 11 is 0. The predicted octanol–water partition coefficient (Wildman–Crippen LogP) is 5.97. The van der Waals surface area contributed by atoms with Crippen molar-refractivity contribution in [2.45, 2.75) is 39.9 Å². The first-order valence-corrected chi connectivity index (χ1v) is 9.28.